The van der Waals surface area contributed by atoms with E-state index in [2.05, 4.69) is 413 Å². The lowest BCUT2D eigenvalue weighted by molar-refractivity contribution is 1.25. The van der Waals surface area contributed by atoms with E-state index in [1.165, 1.54) is 0 Å². The SMILES string of the molecule is Brc1ccc(C2=C3N=C(C(c4ccccc4)=C3c3ccccc3)C(c3ccc(Br)cc3)=c3[nH]c(c(-c4ccccc4)c3-c3ccccc3)=C(c3ccc(Br)cc3)C3=NC(=C(c4ccc(Br)cc4)c4[nH]c2c(-c2ccccc2)c4-c2ccccc2)C(c2ccccc2)=C3c2ccccc2)cc1. The van der Waals surface area contributed by atoms with E-state index in [9.17, 15) is 0 Å². The van der Waals surface area contributed by atoms with Crippen molar-refractivity contribution in [3.63, 3.8) is 0 Å². The molecule has 0 spiro atoms. The summed E-state index contributed by atoms with van der Waals surface area (Å²) in [5.41, 5.74) is 28.5. The fourth-order valence-corrected chi connectivity index (χ4v) is 15.6. The zero-order chi connectivity index (χ0) is 67.2. The van der Waals surface area contributed by atoms with Crippen molar-refractivity contribution >= 4 is 120 Å². The van der Waals surface area contributed by atoms with Gasteiger partial charge >= 0.3 is 0 Å². The second-order valence-electron chi connectivity index (χ2n) is 24.8. The molecule has 8 bridgehead atoms. The third kappa shape index (κ3) is 11.5. The Morgan fingerprint density at radius 2 is 0.390 bits per heavy atom. The second-order valence-corrected chi connectivity index (χ2v) is 28.5. The van der Waals surface area contributed by atoms with E-state index >= 15 is 0 Å². The largest absolute Gasteiger partial charge is 0.353 e. The second kappa shape index (κ2) is 27.1. The van der Waals surface area contributed by atoms with Gasteiger partial charge in [0.2, 0.25) is 0 Å². The Morgan fingerprint density at radius 1 is 0.180 bits per heavy atom. The summed E-state index contributed by atoms with van der Waals surface area (Å²) in [6.07, 6.45) is 0. The third-order valence-corrected chi connectivity index (χ3v) is 21.0. The van der Waals surface area contributed by atoms with Crippen LogP contribution in [0.3, 0.4) is 0 Å². The van der Waals surface area contributed by atoms with Gasteiger partial charge in [-0.25, -0.2) is 9.98 Å². The lowest BCUT2D eigenvalue weighted by Crippen LogP contribution is -2.23. The number of H-pyrrole nitrogens is 2. The van der Waals surface area contributed by atoms with E-state index < -0.39 is 0 Å². The van der Waals surface area contributed by atoms with Crippen molar-refractivity contribution in [1.82, 2.24) is 9.97 Å². The standard InChI is InChI=1S/C92H58Br4N4/c93-69-49-41-65(42-50-69)81-85-73(57-25-9-1-10-26-57)74(58-27-11-2-12-28-58)86(97-85)82(66-43-51-70(94)52-44-66)88-77(61-33-17-5-18-34-61)78(62-35-19-6-20-36-62)90(99-88)84(68-47-55-72(96)56-48-68)92-80(64-39-23-8-24-40-64)79(63-37-21-7-22-38-63)91(100-92)83(67-45-53-71(95)54-46-67)89-76(60-31-15-4-16-32-60)75(87(81)98-89)59-29-13-3-14-30-59/h1-56,97,100H. The van der Waals surface area contributed by atoms with Gasteiger partial charge in [0.15, 0.2) is 0 Å². The number of hydrogen-bond acceptors (Lipinski definition) is 2. The minimum absolute atomic E-state index is 0.794. The Balaban J connectivity index is 1.24. The molecule has 0 unspecified atom stereocenters. The van der Waals surface area contributed by atoms with E-state index in [-0.39, 0.29) is 0 Å². The molecule has 2 aromatic heterocycles. The van der Waals surface area contributed by atoms with Crippen LogP contribution in [-0.4, -0.2) is 21.4 Å². The van der Waals surface area contributed by atoms with Gasteiger partial charge in [-0.1, -0.05) is 355 Å². The van der Waals surface area contributed by atoms with Gasteiger partial charge in [0.1, 0.15) is 0 Å². The van der Waals surface area contributed by atoms with Crippen molar-refractivity contribution in [3.8, 4) is 44.5 Å². The monoisotopic (exact) mass is 1530 g/mol. The molecule has 100 heavy (non-hydrogen) atoms. The van der Waals surface area contributed by atoms with Crippen LogP contribution < -0.4 is 10.7 Å². The molecule has 1 aliphatic carbocycles. The van der Waals surface area contributed by atoms with Gasteiger partial charge in [-0.05, 0) is 115 Å². The summed E-state index contributed by atoms with van der Waals surface area (Å²) in [5, 5.41) is 1.76. The molecule has 8 heteroatoms. The minimum Gasteiger partial charge on any atom is -0.353 e. The van der Waals surface area contributed by atoms with E-state index in [0.29, 0.717) is 0 Å². The lowest BCUT2D eigenvalue weighted by atomic mass is 9.83. The zero-order valence-corrected chi connectivity index (χ0v) is 60.1. The summed E-state index contributed by atoms with van der Waals surface area (Å²) in [6, 6.07) is 122. The molecule has 474 valence electrons. The molecule has 0 saturated carbocycles. The van der Waals surface area contributed by atoms with Crippen LogP contribution >= 0.6 is 63.7 Å². The number of allylic oxidation sites excluding steroid dienone is 4. The Labute approximate surface area is 614 Å². The van der Waals surface area contributed by atoms with Gasteiger partial charge in [0, 0.05) is 84.7 Å². The molecule has 0 saturated heterocycles. The molecule has 0 radical (unpaired) electrons. The van der Waals surface area contributed by atoms with Crippen LogP contribution in [0.4, 0.5) is 0 Å². The number of aliphatic imine (C=N–C) groups is 2. The summed E-state index contributed by atoms with van der Waals surface area (Å²) < 4.78 is 3.82. The van der Waals surface area contributed by atoms with Crippen LogP contribution in [0.15, 0.2) is 379 Å². The van der Waals surface area contributed by atoms with E-state index in [1.54, 1.807) is 0 Å². The van der Waals surface area contributed by atoms with E-state index in [0.717, 1.165) is 196 Å². The zero-order valence-electron chi connectivity index (χ0n) is 53.7. The van der Waals surface area contributed by atoms with Gasteiger partial charge in [-0.2, -0.15) is 0 Å². The number of halogens is 4. The van der Waals surface area contributed by atoms with Gasteiger partial charge in [-0.15, -0.1) is 0 Å². The predicted molar refractivity (Wildman–Crippen MR) is 430 cm³/mol. The first-order valence-corrected chi connectivity index (χ1v) is 36.4. The molecule has 17 rings (SSSR count). The third-order valence-electron chi connectivity index (χ3n) is 18.9. The topological polar surface area (TPSA) is 56.3 Å². The summed E-state index contributed by atoms with van der Waals surface area (Å²) in [7, 11) is 0. The fourth-order valence-electron chi connectivity index (χ4n) is 14.6. The van der Waals surface area contributed by atoms with Gasteiger partial charge in [0.05, 0.1) is 44.9 Å². The summed E-state index contributed by atoms with van der Waals surface area (Å²) >= 11 is 15.7. The van der Waals surface area contributed by atoms with Crippen molar-refractivity contribution in [3.05, 3.63) is 436 Å². The Hall–Kier alpha value is -10.8. The fraction of sp³-hybridized carbons (Fsp3) is 0. The normalized spacial score (nSPS) is 13.7. The molecule has 4 heterocycles. The quantitative estimate of drug-likeness (QED) is 0.122. The highest BCUT2D eigenvalue weighted by molar-refractivity contribution is 9.11. The number of rotatable bonds is 12. The maximum Gasteiger partial charge on any atom is 0.0822 e. The van der Waals surface area contributed by atoms with Crippen LogP contribution in [0.1, 0.15) is 55.9 Å². The molecule has 12 aromatic carbocycles. The van der Waals surface area contributed by atoms with Crippen molar-refractivity contribution in [2.75, 3.05) is 0 Å². The first-order valence-electron chi connectivity index (χ1n) is 33.2. The number of fused-ring (bicyclic) bond motifs is 10. The maximum absolute atomic E-state index is 6.51. The van der Waals surface area contributed by atoms with Gasteiger partial charge in [-0.3, -0.25) is 0 Å². The number of hydrogen-bond donors (Lipinski definition) is 2. The van der Waals surface area contributed by atoms with Crippen LogP contribution in [0.5, 0.6) is 0 Å². The maximum atomic E-state index is 6.51. The first kappa shape index (κ1) is 62.7. The average molecular weight is 1540 g/mol. The number of nitrogens with zero attached hydrogens (tertiary/aromatic N) is 2. The molecule has 0 amide bonds. The van der Waals surface area contributed by atoms with E-state index in [1.807, 2.05) is 0 Å². The van der Waals surface area contributed by atoms with Gasteiger partial charge < -0.3 is 9.97 Å². The van der Waals surface area contributed by atoms with Crippen LogP contribution in [0.25, 0.3) is 89.1 Å². The first-order chi connectivity index (χ1) is 49.3. The molecule has 2 aliphatic heterocycles. The minimum atomic E-state index is 0.794. The molecule has 0 atom stereocenters. The molecule has 2 N–H and O–H groups in total. The predicted octanol–water partition coefficient (Wildman–Crippen LogP) is 23.8. The van der Waals surface area contributed by atoms with Gasteiger partial charge in [0.25, 0.3) is 0 Å². The molecule has 4 nitrogen and oxygen atoms in total. The summed E-state index contributed by atoms with van der Waals surface area (Å²) in [4.78, 5) is 22.0. The molecule has 3 aliphatic rings. The molecule has 0 fully saturated rings. The Bertz CT molecular complexity index is 5440. The van der Waals surface area contributed by atoms with Crippen LogP contribution in [0.2, 0.25) is 0 Å². The Kier molecular flexibility index (Phi) is 17.0. The summed E-state index contributed by atoms with van der Waals surface area (Å²) in [5.74, 6) is 0. The average Bonchev–Trinajstić information content (AvgIpc) is 1.55. The van der Waals surface area contributed by atoms with Crippen molar-refractivity contribution in [2.45, 2.75) is 0 Å². The highest BCUT2D eigenvalue weighted by Crippen LogP contribution is 2.54. The molecular formula is C92H58Br4N4. The molecular weight excluding hydrogens is 1480 g/mol. The Morgan fingerprint density at radius 3 is 0.650 bits per heavy atom. The van der Waals surface area contributed by atoms with Crippen LogP contribution in [-0.2, 0) is 0 Å². The number of aromatic amines is 2. The number of benzene rings is 12. The van der Waals surface area contributed by atoms with Crippen molar-refractivity contribution < 1.29 is 0 Å². The van der Waals surface area contributed by atoms with Crippen molar-refractivity contribution in [1.29, 1.82) is 0 Å². The number of nitrogens with one attached hydrogen (secondary N) is 2. The van der Waals surface area contributed by atoms with E-state index in [4.69, 9.17) is 9.98 Å². The smallest absolute Gasteiger partial charge is 0.0822 e. The van der Waals surface area contributed by atoms with Crippen LogP contribution in [0, 0.1) is 0 Å². The molecule has 14 aromatic rings. The number of aromatic nitrogens is 2. The highest BCUT2D eigenvalue weighted by atomic mass is 79.9. The summed E-state index contributed by atoms with van der Waals surface area (Å²) in [6.45, 7) is 0. The lowest BCUT2D eigenvalue weighted by Gasteiger charge is -2.17. The van der Waals surface area contributed by atoms with Crippen molar-refractivity contribution in [2.24, 2.45) is 9.98 Å². The highest BCUT2D eigenvalue weighted by Gasteiger charge is 2.39.